The fourth-order valence-corrected chi connectivity index (χ4v) is 4.31. The van der Waals surface area contributed by atoms with Crippen LogP contribution in [0.3, 0.4) is 0 Å². The maximum absolute atomic E-state index is 13.4. The molecule has 0 saturated heterocycles. The van der Waals surface area contributed by atoms with Crippen LogP contribution < -0.4 is 10.9 Å². The molecule has 3 aromatic rings. The van der Waals surface area contributed by atoms with Gasteiger partial charge in [-0.15, -0.1) is 0 Å². The molecule has 5 rings (SSSR count). The molecule has 1 aliphatic heterocycles. The molecule has 0 bridgehead atoms. The van der Waals surface area contributed by atoms with Crippen molar-refractivity contribution >= 4 is 23.2 Å². The van der Waals surface area contributed by atoms with Crippen molar-refractivity contribution in [2.75, 3.05) is 5.32 Å². The third-order valence-corrected chi connectivity index (χ3v) is 5.71. The molecule has 0 radical (unpaired) electrons. The molecule has 1 atom stereocenters. The van der Waals surface area contributed by atoms with Crippen LogP contribution >= 0.6 is 11.6 Å². The number of ketones is 1. The number of Topliss-reactive ketones (excluding diaryl/α,β-unsaturated/α-hetero) is 1. The maximum Gasteiger partial charge on any atom is 0.277 e. The van der Waals surface area contributed by atoms with Gasteiger partial charge in [0.2, 0.25) is 0 Å². The average Bonchev–Trinajstić information content (AvgIpc) is 3.04. The summed E-state index contributed by atoms with van der Waals surface area (Å²) in [7, 11) is 0. The Bertz CT molecular complexity index is 1160. The number of benzene rings is 2. The largest absolute Gasteiger partial charge is 0.343 e. The highest BCUT2D eigenvalue weighted by molar-refractivity contribution is 6.30. The van der Waals surface area contributed by atoms with Crippen LogP contribution in [-0.2, 0) is 4.79 Å². The number of rotatable bonds is 2. The second-order valence-corrected chi connectivity index (χ2v) is 7.59. The van der Waals surface area contributed by atoms with E-state index in [1.165, 1.54) is 4.68 Å². The first-order chi connectivity index (χ1) is 13.6. The molecule has 1 aromatic heterocycles. The summed E-state index contributed by atoms with van der Waals surface area (Å²) in [6.07, 6.45) is 2.12. The molecule has 2 aromatic carbocycles. The number of aromatic amines is 1. The summed E-state index contributed by atoms with van der Waals surface area (Å²) < 4.78 is 1.53. The van der Waals surface area contributed by atoms with E-state index in [0.717, 1.165) is 29.8 Å². The molecule has 2 aliphatic rings. The Kier molecular flexibility index (Phi) is 3.98. The Morgan fingerprint density at radius 1 is 0.964 bits per heavy atom. The van der Waals surface area contributed by atoms with Gasteiger partial charge in [-0.2, -0.15) is 0 Å². The quantitative estimate of drug-likeness (QED) is 0.681. The van der Waals surface area contributed by atoms with Gasteiger partial charge in [0, 0.05) is 28.6 Å². The zero-order chi connectivity index (χ0) is 19.3. The lowest BCUT2D eigenvalue weighted by Crippen LogP contribution is -2.29. The van der Waals surface area contributed by atoms with E-state index < -0.39 is 5.92 Å². The van der Waals surface area contributed by atoms with Crippen LogP contribution in [0.2, 0.25) is 5.02 Å². The standard InChI is InChI=1S/C22H18ClN3O2/c23-14-11-9-13(10-12-14)18-19-16(7-4-8-17(19)27)24-21-20(18)22(28)26(25-21)15-5-2-1-3-6-15/h1-3,5-6,9-12,18,24-25H,4,7-8H2. The van der Waals surface area contributed by atoms with Gasteiger partial charge >= 0.3 is 0 Å². The fraction of sp³-hybridized carbons (Fsp3) is 0.182. The number of aromatic nitrogens is 2. The third kappa shape index (κ3) is 2.62. The van der Waals surface area contributed by atoms with Crippen molar-refractivity contribution in [3.05, 3.63) is 92.4 Å². The lowest BCUT2D eigenvalue weighted by molar-refractivity contribution is -0.116. The van der Waals surface area contributed by atoms with Gasteiger partial charge in [0.25, 0.3) is 5.56 Å². The van der Waals surface area contributed by atoms with E-state index >= 15 is 0 Å². The van der Waals surface area contributed by atoms with Crippen LogP contribution in [0.15, 0.2) is 70.7 Å². The molecule has 6 heteroatoms. The summed E-state index contributed by atoms with van der Waals surface area (Å²) in [4.78, 5) is 26.2. The van der Waals surface area contributed by atoms with Gasteiger partial charge in [-0.1, -0.05) is 41.9 Å². The van der Waals surface area contributed by atoms with Crippen LogP contribution in [-0.4, -0.2) is 15.6 Å². The van der Waals surface area contributed by atoms with E-state index in [4.69, 9.17) is 11.6 Å². The van der Waals surface area contributed by atoms with Crippen molar-refractivity contribution in [1.29, 1.82) is 0 Å². The first kappa shape index (κ1) is 17.1. The first-order valence-corrected chi connectivity index (χ1v) is 9.70. The fourth-order valence-electron chi connectivity index (χ4n) is 4.18. The second kappa shape index (κ2) is 6.53. The summed E-state index contributed by atoms with van der Waals surface area (Å²) in [5.74, 6) is 0.360. The molecule has 0 saturated carbocycles. The van der Waals surface area contributed by atoms with Gasteiger partial charge in [-0.05, 0) is 42.7 Å². The molecule has 0 fully saturated rings. The van der Waals surface area contributed by atoms with Crippen LogP contribution in [0, 0.1) is 0 Å². The predicted octanol–water partition coefficient (Wildman–Crippen LogP) is 4.38. The summed E-state index contributed by atoms with van der Waals surface area (Å²) in [6, 6.07) is 16.8. The third-order valence-electron chi connectivity index (χ3n) is 5.45. The first-order valence-electron chi connectivity index (χ1n) is 9.32. The van der Waals surface area contributed by atoms with Gasteiger partial charge in [0.1, 0.15) is 5.82 Å². The monoisotopic (exact) mass is 391 g/mol. The molecule has 1 unspecified atom stereocenters. The number of nitrogens with one attached hydrogen (secondary N) is 2. The highest BCUT2D eigenvalue weighted by Gasteiger charge is 2.38. The molecule has 0 amide bonds. The zero-order valence-electron chi connectivity index (χ0n) is 15.0. The molecule has 0 spiro atoms. The number of allylic oxidation sites excluding steroid dienone is 2. The molecule has 2 N–H and O–H groups in total. The Labute approximate surface area is 166 Å². The summed E-state index contributed by atoms with van der Waals surface area (Å²) in [5, 5.41) is 7.15. The topological polar surface area (TPSA) is 66.9 Å². The van der Waals surface area contributed by atoms with Gasteiger partial charge in [0.15, 0.2) is 5.78 Å². The molecule has 140 valence electrons. The van der Waals surface area contributed by atoms with E-state index in [-0.39, 0.29) is 11.3 Å². The maximum atomic E-state index is 13.4. The highest BCUT2D eigenvalue weighted by atomic mass is 35.5. The number of carbonyl (C=O) groups excluding carboxylic acids is 1. The number of halogens is 1. The number of hydrogen-bond donors (Lipinski definition) is 2. The number of H-pyrrole nitrogens is 1. The predicted molar refractivity (Wildman–Crippen MR) is 109 cm³/mol. The van der Waals surface area contributed by atoms with Crippen LogP contribution in [0.25, 0.3) is 5.69 Å². The van der Waals surface area contributed by atoms with Crippen molar-refractivity contribution in [3.8, 4) is 5.69 Å². The van der Waals surface area contributed by atoms with Crippen LogP contribution in [0.1, 0.15) is 36.3 Å². The van der Waals surface area contributed by atoms with E-state index in [0.29, 0.717) is 28.4 Å². The van der Waals surface area contributed by atoms with Gasteiger partial charge in [-0.3, -0.25) is 14.7 Å². The number of fused-ring (bicyclic) bond motifs is 1. The minimum atomic E-state index is -0.398. The molecule has 1 aliphatic carbocycles. The Hall–Kier alpha value is -3.05. The van der Waals surface area contributed by atoms with E-state index in [1.54, 1.807) is 12.1 Å². The summed E-state index contributed by atoms with van der Waals surface area (Å²) in [5.41, 5.74) is 3.68. The van der Waals surface area contributed by atoms with Gasteiger partial charge in [-0.25, -0.2) is 4.68 Å². The number of nitrogens with zero attached hydrogens (tertiary/aromatic N) is 1. The number of carbonyl (C=O) groups is 1. The molecule has 28 heavy (non-hydrogen) atoms. The lowest BCUT2D eigenvalue weighted by atomic mass is 9.77. The van der Waals surface area contributed by atoms with Crippen molar-refractivity contribution in [2.45, 2.75) is 25.2 Å². The summed E-state index contributed by atoms with van der Waals surface area (Å²) >= 11 is 6.07. The van der Waals surface area contributed by atoms with Crippen LogP contribution in [0.5, 0.6) is 0 Å². The molecule has 5 nitrogen and oxygen atoms in total. The van der Waals surface area contributed by atoms with Crippen molar-refractivity contribution < 1.29 is 4.79 Å². The molecule has 2 heterocycles. The van der Waals surface area contributed by atoms with E-state index in [9.17, 15) is 9.59 Å². The Morgan fingerprint density at radius 2 is 1.71 bits per heavy atom. The van der Waals surface area contributed by atoms with Gasteiger partial charge in [0.05, 0.1) is 11.3 Å². The van der Waals surface area contributed by atoms with Crippen molar-refractivity contribution in [2.24, 2.45) is 0 Å². The van der Waals surface area contributed by atoms with Crippen molar-refractivity contribution in [3.63, 3.8) is 0 Å². The van der Waals surface area contributed by atoms with Gasteiger partial charge < -0.3 is 5.32 Å². The lowest BCUT2D eigenvalue weighted by Gasteiger charge is -2.31. The second-order valence-electron chi connectivity index (χ2n) is 7.16. The van der Waals surface area contributed by atoms with E-state index in [2.05, 4.69) is 10.4 Å². The normalized spacial score (nSPS) is 18.5. The number of hydrogen-bond acceptors (Lipinski definition) is 3. The summed E-state index contributed by atoms with van der Waals surface area (Å²) in [6.45, 7) is 0. The minimum absolute atomic E-state index is 0.103. The number of para-hydroxylation sites is 1. The average molecular weight is 392 g/mol. The van der Waals surface area contributed by atoms with Crippen molar-refractivity contribution in [1.82, 2.24) is 9.78 Å². The smallest absolute Gasteiger partial charge is 0.277 e. The number of anilines is 1. The van der Waals surface area contributed by atoms with Crippen LogP contribution in [0.4, 0.5) is 5.82 Å². The highest BCUT2D eigenvalue weighted by Crippen LogP contribution is 2.43. The minimum Gasteiger partial charge on any atom is -0.343 e. The Morgan fingerprint density at radius 3 is 2.46 bits per heavy atom. The zero-order valence-corrected chi connectivity index (χ0v) is 15.8. The van der Waals surface area contributed by atoms with E-state index in [1.807, 2.05) is 42.5 Å². The molecular weight excluding hydrogens is 374 g/mol. The Balaban J connectivity index is 1.75. The molecular formula is C22H18ClN3O2. The SMILES string of the molecule is O=C1CCCC2=C1C(c1ccc(Cl)cc1)c1c([nH]n(-c3ccccc3)c1=O)N2.